The monoisotopic (exact) mass is 260 g/mol. The van der Waals surface area contributed by atoms with Crippen molar-refractivity contribution in [2.45, 2.75) is 24.6 Å². The molecule has 2 atom stereocenters. The number of rotatable bonds is 4. The van der Waals surface area contributed by atoms with Gasteiger partial charge in [-0.1, -0.05) is 44.2 Å². The molecular formula is C11H14ClO3P. The average molecular weight is 261 g/mol. The fourth-order valence-corrected chi connectivity index (χ4v) is 4.88. The van der Waals surface area contributed by atoms with Crippen LogP contribution in [0.15, 0.2) is 30.3 Å². The van der Waals surface area contributed by atoms with Gasteiger partial charge in [0.15, 0.2) is 5.12 Å². The summed E-state index contributed by atoms with van der Waals surface area (Å²) in [5, 5.41) is 8.08. The minimum atomic E-state index is -3.12. The lowest BCUT2D eigenvalue weighted by atomic mass is 10.4. The normalized spacial score (nSPS) is 16.8. The van der Waals surface area contributed by atoms with Gasteiger partial charge in [0.2, 0.25) is 0 Å². The van der Waals surface area contributed by atoms with E-state index < -0.39 is 18.2 Å². The molecule has 1 N–H and O–H groups in total. The van der Waals surface area contributed by atoms with Gasteiger partial charge in [-0.25, -0.2) is 0 Å². The van der Waals surface area contributed by atoms with Gasteiger partial charge in [0.25, 0.3) is 0 Å². The third-order valence-corrected chi connectivity index (χ3v) is 7.06. The first-order valence-corrected chi connectivity index (χ1v) is 7.20. The first kappa shape index (κ1) is 13.3. The maximum absolute atomic E-state index is 12.7. The highest BCUT2D eigenvalue weighted by Crippen LogP contribution is 2.55. The van der Waals surface area contributed by atoms with Crippen molar-refractivity contribution in [3.8, 4) is 0 Å². The van der Waals surface area contributed by atoms with Crippen LogP contribution in [-0.4, -0.2) is 21.9 Å². The first-order valence-electron chi connectivity index (χ1n) is 4.92. The highest BCUT2D eigenvalue weighted by molar-refractivity contribution is 7.75. The summed E-state index contributed by atoms with van der Waals surface area (Å²) in [5.74, 6) is -1.23. The molecule has 0 saturated carbocycles. The van der Waals surface area contributed by atoms with E-state index in [-0.39, 0.29) is 5.66 Å². The number of hydrogen-bond acceptors (Lipinski definition) is 2. The van der Waals surface area contributed by atoms with Crippen molar-refractivity contribution in [2.24, 2.45) is 0 Å². The number of carbonyl (C=O) groups is 1. The number of benzene rings is 1. The fraction of sp³-hybridized carbons (Fsp3) is 0.364. The molecule has 0 aliphatic heterocycles. The van der Waals surface area contributed by atoms with E-state index in [0.29, 0.717) is 5.30 Å². The van der Waals surface area contributed by atoms with Crippen LogP contribution in [0.3, 0.4) is 0 Å². The van der Waals surface area contributed by atoms with Gasteiger partial charge in [0.1, 0.15) is 7.14 Å². The zero-order valence-electron chi connectivity index (χ0n) is 9.13. The van der Waals surface area contributed by atoms with Gasteiger partial charge in [-0.15, -0.1) is 11.6 Å². The molecule has 1 aromatic carbocycles. The van der Waals surface area contributed by atoms with E-state index in [1.807, 2.05) is 0 Å². The standard InChI is InChI=1S/C11H14ClO3P/c1-8(2)16(15,10(12)11(13)14)9-6-4-3-5-7-9/h3-8,10H,1-2H3,(H,13,14). The van der Waals surface area contributed by atoms with E-state index >= 15 is 0 Å². The molecule has 0 spiro atoms. The summed E-state index contributed by atoms with van der Waals surface area (Å²) in [7, 11) is -3.12. The van der Waals surface area contributed by atoms with Gasteiger partial charge in [-0.2, -0.15) is 0 Å². The zero-order valence-corrected chi connectivity index (χ0v) is 10.8. The van der Waals surface area contributed by atoms with E-state index in [9.17, 15) is 9.36 Å². The SMILES string of the molecule is CC(C)P(=O)(c1ccccc1)C(Cl)C(=O)O. The van der Waals surface area contributed by atoms with Crippen LogP contribution in [0.25, 0.3) is 0 Å². The Bertz CT molecular complexity index is 416. The molecule has 0 radical (unpaired) electrons. The van der Waals surface area contributed by atoms with Crippen LogP contribution in [0.4, 0.5) is 0 Å². The summed E-state index contributed by atoms with van der Waals surface area (Å²) in [6, 6.07) is 8.59. The molecule has 1 rings (SSSR count). The minimum absolute atomic E-state index is 0.298. The van der Waals surface area contributed by atoms with Gasteiger partial charge in [-0.05, 0) is 0 Å². The highest BCUT2D eigenvalue weighted by atomic mass is 35.5. The second kappa shape index (κ2) is 5.03. The predicted octanol–water partition coefficient (Wildman–Crippen LogP) is 2.73. The summed E-state index contributed by atoms with van der Waals surface area (Å²) >= 11 is 5.79. The maximum atomic E-state index is 12.7. The summed E-state index contributed by atoms with van der Waals surface area (Å²) in [6.07, 6.45) is 0. The first-order chi connectivity index (χ1) is 7.40. The lowest BCUT2D eigenvalue weighted by Gasteiger charge is -2.24. The molecule has 0 fully saturated rings. The van der Waals surface area contributed by atoms with Crippen molar-refractivity contribution in [3.05, 3.63) is 30.3 Å². The van der Waals surface area contributed by atoms with E-state index in [4.69, 9.17) is 16.7 Å². The van der Waals surface area contributed by atoms with Crippen molar-refractivity contribution in [3.63, 3.8) is 0 Å². The summed E-state index contributed by atoms with van der Waals surface area (Å²) in [6.45, 7) is 3.46. The number of carboxylic acids is 1. The topological polar surface area (TPSA) is 54.4 Å². The van der Waals surface area contributed by atoms with E-state index in [0.717, 1.165) is 0 Å². The van der Waals surface area contributed by atoms with Gasteiger partial charge < -0.3 is 9.67 Å². The van der Waals surface area contributed by atoms with Crippen molar-refractivity contribution in [1.29, 1.82) is 0 Å². The fourth-order valence-electron chi connectivity index (χ4n) is 1.52. The van der Waals surface area contributed by atoms with Gasteiger partial charge in [0, 0.05) is 11.0 Å². The van der Waals surface area contributed by atoms with Crippen LogP contribution in [-0.2, 0) is 9.36 Å². The molecule has 0 heterocycles. The number of halogens is 1. The Morgan fingerprint density at radius 1 is 1.31 bits per heavy atom. The molecule has 0 amide bonds. The lowest BCUT2D eigenvalue weighted by molar-refractivity contribution is -0.135. The number of carboxylic acid groups (broad SMARTS) is 1. The van der Waals surface area contributed by atoms with Crippen LogP contribution >= 0.6 is 18.7 Å². The van der Waals surface area contributed by atoms with Crippen molar-refractivity contribution < 1.29 is 14.5 Å². The second-order valence-electron chi connectivity index (χ2n) is 3.81. The minimum Gasteiger partial charge on any atom is -0.480 e. The van der Waals surface area contributed by atoms with Gasteiger partial charge in [0.05, 0.1) is 0 Å². The Kier molecular flexibility index (Phi) is 4.17. The molecule has 0 saturated heterocycles. The lowest BCUT2D eigenvalue weighted by Crippen LogP contribution is -2.25. The van der Waals surface area contributed by atoms with Crippen molar-refractivity contribution >= 4 is 30.0 Å². The molecule has 2 unspecified atom stereocenters. The van der Waals surface area contributed by atoms with Crippen LogP contribution in [0, 0.1) is 0 Å². The highest BCUT2D eigenvalue weighted by Gasteiger charge is 2.41. The molecule has 0 aromatic heterocycles. The average Bonchev–Trinajstić information content (AvgIpc) is 2.27. The van der Waals surface area contributed by atoms with E-state index in [2.05, 4.69) is 0 Å². The predicted molar refractivity (Wildman–Crippen MR) is 66.1 cm³/mol. The van der Waals surface area contributed by atoms with E-state index in [1.165, 1.54) is 0 Å². The molecule has 88 valence electrons. The van der Waals surface area contributed by atoms with Crippen LogP contribution < -0.4 is 5.30 Å². The summed E-state index contributed by atoms with van der Waals surface area (Å²) in [4.78, 5) is 10.9. The molecular weight excluding hydrogens is 247 g/mol. The Labute approximate surface area is 99.8 Å². The summed E-state index contributed by atoms with van der Waals surface area (Å²) in [5.41, 5.74) is -0.298. The Morgan fingerprint density at radius 3 is 2.19 bits per heavy atom. The smallest absolute Gasteiger partial charge is 0.329 e. The molecule has 0 bridgehead atoms. The van der Waals surface area contributed by atoms with Crippen LogP contribution in [0.2, 0.25) is 0 Å². The quantitative estimate of drug-likeness (QED) is 0.669. The molecule has 0 aliphatic rings. The molecule has 16 heavy (non-hydrogen) atoms. The summed E-state index contributed by atoms with van der Waals surface area (Å²) < 4.78 is 12.7. The van der Waals surface area contributed by atoms with E-state index in [1.54, 1.807) is 44.2 Å². The van der Waals surface area contributed by atoms with Crippen molar-refractivity contribution in [1.82, 2.24) is 0 Å². The van der Waals surface area contributed by atoms with Crippen LogP contribution in [0.5, 0.6) is 0 Å². The maximum Gasteiger partial charge on any atom is 0.329 e. The number of hydrogen-bond donors (Lipinski definition) is 1. The molecule has 0 aliphatic carbocycles. The Morgan fingerprint density at radius 2 is 1.81 bits per heavy atom. The number of aliphatic carboxylic acids is 1. The Balaban J connectivity index is 3.29. The molecule has 1 aromatic rings. The largest absolute Gasteiger partial charge is 0.480 e. The second-order valence-corrected chi connectivity index (χ2v) is 8.04. The molecule has 3 nitrogen and oxygen atoms in total. The number of alkyl halides is 1. The van der Waals surface area contributed by atoms with Crippen LogP contribution in [0.1, 0.15) is 13.8 Å². The third kappa shape index (κ3) is 2.31. The third-order valence-electron chi connectivity index (χ3n) is 2.47. The molecule has 5 heteroatoms. The van der Waals surface area contributed by atoms with Gasteiger partial charge in [-0.3, -0.25) is 4.79 Å². The van der Waals surface area contributed by atoms with Gasteiger partial charge >= 0.3 is 5.97 Å². The van der Waals surface area contributed by atoms with Crippen molar-refractivity contribution in [2.75, 3.05) is 0 Å². The zero-order chi connectivity index (χ0) is 12.3. The Hall–Kier alpha value is -0.790.